The number of carbonyl (C=O) groups is 2. The topological polar surface area (TPSA) is 71.1 Å². The Labute approximate surface area is 288 Å². The fraction of sp³-hybridized carbons (Fsp3) is 0.667. The zero-order chi connectivity index (χ0) is 33.3. The van der Waals surface area contributed by atoms with Crippen LogP contribution in [0.25, 0.3) is 0 Å². The van der Waals surface area contributed by atoms with Gasteiger partial charge in [0, 0.05) is 6.61 Å². The van der Waals surface area contributed by atoms with Crippen molar-refractivity contribution in [3.8, 4) is 0 Å². The number of hydrogen-bond donors (Lipinski definition) is 0. The van der Waals surface area contributed by atoms with Gasteiger partial charge in [0.15, 0.2) is 6.29 Å². The monoisotopic (exact) mass is 658 g/mol. The summed E-state index contributed by atoms with van der Waals surface area (Å²) in [6.07, 6.45) is 16.0. The van der Waals surface area contributed by atoms with Gasteiger partial charge in [0.05, 0.1) is 17.9 Å². The van der Waals surface area contributed by atoms with Gasteiger partial charge in [-0.25, -0.2) is 0 Å². The van der Waals surface area contributed by atoms with Crippen LogP contribution in [0.2, 0.25) is 0 Å². The van der Waals surface area contributed by atoms with Crippen molar-refractivity contribution in [1.29, 1.82) is 0 Å². The van der Waals surface area contributed by atoms with Crippen LogP contribution in [0.3, 0.4) is 0 Å². The third-order valence-electron chi connectivity index (χ3n) is 11.9. The predicted molar refractivity (Wildman–Crippen MR) is 187 cm³/mol. The predicted octanol–water partition coefficient (Wildman–Crippen LogP) is 9.08. The molecule has 1 unspecified atom stereocenters. The molecule has 6 nitrogen and oxygen atoms in total. The summed E-state index contributed by atoms with van der Waals surface area (Å²) in [5, 5.41) is 0. The molecule has 6 heteroatoms. The van der Waals surface area contributed by atoms with Crippen molar-refractivity contribution in [3.63, 3.8) is 0 Å². The first-order valence-corrected chi connectivity index (χ1v) is 19.3. The van der Waals surface area contributed by atoms with Crippen molar-refractivity contribution >= 4 is 11.9 Å². The van der Waals surface area contributed by atoms with Crippen LogP contribution in [0.4, 0.5) is 0 Å². The summed E-state index contributed by atoms with van der Waals surface area (Å²) >= 11 is 0. The van der Waals surface area contributed by atoms with Gasteiger partial charge in [-0.2, -0.15) is 0 Å². The number of esters is 2. The molecule has 2 saturated carbocycles. The molecule has 0 amide bonds. The third-order valence-corrected chi connectivity index (χ3v) is 11.9. The number of unbranched alkanes of at least 4 members (excludes halogenated alkanes) is 2. The van der Waals surface area contributed by atoms with E-state index in [-0.39, 0.29) is 43.0 Å². The number of benzene rings is 2. The minimum atomic E-state index is -0.434. The first-order chi connectivity index (χ1) is 23.5. The van der Waals surface area contributed by atoms with Crippen LogP contribution in [0.5, 0.6) is 0 Å². The molecule has 0 aromatic heterocycles. The summed E-state index contributed by atoms with van der Waals surface area (Å²) in [7, 11) is 0. The average molecular weight is 659 g/mol. The van der Waals surface area contributed by atoms with Gasteiger partial charge in [-0.3, -0.25) is 9.59 Å². The van der Waals surface area contributed by atoms with E-state index in [9.17, 15) is 9.59 Å². The van der Waals surface area contributed by atoms with E-state index in [1.54, 1.807) is 0 Å². The van der Waals surface area contributed by atoms with E-state index < -0.39 is 11.8 Å². The Morgan fingerprint density at radius 2 is 1.67 bits per heavy atom. The standard InChI is InChI=1S/C42H58O6/c1-3-4-6-18-33(47-40-21-11-12-24-45-40)22-23-34-38-25-31-17-13-14-29(2)37(31)26-32(38)27-39(34)48-42(44)36-20-10-9-19-35(36)41(43)46-28-30-15-7-5-8-16-30/h5,7-8,13-17,32-36,38-40H,3-4,6,9-12,18-28H2,1-2H3/t32-,33-,34+,35+,36-,38-,39+,40?/m0/s1. The quantitative estimate of drug-likeness (QED) is 0.149. The minimum Gasteiger partial charge on any atom is -0.462 e. The molecule has 2 aromatic carbocycles. The Bertz CT molecular complexity index is 1320. The Kier molecular flexibility index (Phi) is 12.7. The number of fused-ring (bicyclic) bond motifs is 2. The zero-order valence-electron chi connectivity index (χ0n) is 29.4. The lowest BCUT2D eigenvalue weighted by Gasteiger charge is -2.34. The highest BCUT2D eigenvalue weighted by Crippen LogP contribution is 2.49. The summed E-state index contributed by atoms with van der Waals surface area (Å²) in [6, 6.07) is 16.5. The second-order valence-corrected chi connectivity index (χ2v) is 15.1. The fourth-order valence-electron chi connectivity index (χ4n) is 9.21. The zero-order valence-corrected chi connectivity index (χ0v) is 29.4. The number of carbonyl (C=O) groups excluding carboxylic acids is 2. The molecule has 0 spiro atoms. The van der Waals surface area contributed by atoms with Crippen molar-refractivity contribution in [2.24, 2.45) is 29.6 Å². The van der Waals surface area contributed by atoms with Crippen LogP contribution < -0.4 is 0 Å². The highest BCUT2D eigenvalue weighted by atomic mass is 16.7. The molecule has 48 heavy (non-hydrogen) atoms. The Morgan fingerprint density at radius 3 is 2.44 bits per heavy atom. The molecule has 3 fully saturated rings. The van der Waals surface area contributed by atoms with Gasteiger partial charge < -0.3 is 18.9 Å². The highest BCUT2D eigenvalue weighted by Gasteiger charge is 2.48. The lowest BCUT2D eigenvalue weighted by Crippen LogP contribution is -2.38. The third kappa shape index (κ3) is 8.90. The van der Waals surface area contributed by atoms with Gasteiger partial charge in [0.1, 0.15) is 12.7 Å². The van der Waals surface area contributed by atoms with Gasteiger partial charge in [0.25, 0.3) is 0 Å². The number of hydrogen-bond acceptors (Lipinski definition) is 6. The highest BCUT2D eigenvalue weighted by molar-refractivity contribution is 5.82. The van der Waals surface area contributed by atoms with E-state index in [1.807, 2.05) is 30.3 Å². The summed E-state index contributed by atoms with van der Waals surface area (Å²) in [5.41, 5.74) is 5.29. The lowest BCUT2D eigenvalue weighted by molar-refractivity contribution is -0.191. The first kappa shape index (κ1) is 35.1. The molecule has 262 valence electrons. The molecule has 4 aliphatic rings. The maximum absolute atomic E-state index is 14.1. The molecular formula is C42H58O6. The van der Waals surface area contributed by atoms with Gasteiger partial charge in [-0.05, 0) is 118 Å². The van der Waals surface area contributed by atoms with E-state index in [1.165, 1.54) is 36.0 Å². The van der Waals surface area contributed by atoms with E-state index in [2.05, 4.69) is 32.0 Å². The Balaban J connectivity index is 1.15. The minimum absolute atomic E-state index is 0.0928. The largest absolute Gasteiger partial charge is 0.462 e. The van der Waals surface area contributed by atoms with Crippen LogP contribution in [0, 0.1) is 36.5 Å². The van der Waals surface area contributed by atoms with Crippen molar-refractivity contribution in [2.45, 2.75) is 142 Å². The summed E-state index contributed by atoms with van der Waals surface area (Å²) in [5.74, 6) is -0.0543. The maximum atomic E-state index is 14.1. The first-order valence-electron chi connectivity index (χ1n) is 19.3. The summed E-state index contributed by atoms with van der Waals surface area (Å²) in [6.45, 7) is 5.51. The molecule has 0 N–H and O–H groups in total. The van der Waals surface area contributed by atoms with Gasteiger partial charge in [-0.15, -0.1) is 0 Å². The summed E-state index contributed by atoms with van der Waals surface area (Å²) < 4.78 is 25.0. The molecule has 1 aliphatic heterocycles. The molecular weight excluding hydrogens is 600 g/mol. The van der Waals surface area contributed by atoms with Crippen molar-refractivity contribution in [2.75, 3.05) is 6.61 Å². The van der Waals surface area contributed by atoms with Crippen LogP contribution in [-0.2, 0) is 48.0 Å². The van der Waals surface area contributed by atoms with Crippen molar-refractivity contribution in [1.82, 2.24) is 0 Å². The number of ether oxygens (including phenoxy) is 4. The van der Waals surface area contributed by atoms with E-state index >= 15 is 0 Å². The molecule has 1 saturated heterocycles. The van der Waals surface area contributed by atoms with E-state index in [0.717, 1.165) is 82.8 Å². The van der Waals surface area contributed by atoms with Gasteiger partial charge >= 0.3 is 11.9 Å². The molecule has 0 radical (unpaired) electrons. The maximum Gasteiger partial charge on any atom is 0.310 e. The van der Waals surface area contributed by atoms with Crippen molar-refractivity contribution < 1.29 is 28.5 Å². The number of aryl methyl sites for hydroxylation is 1. The van der Waals surface area contributed by atoms with Crippen LogP contribution in [-0.4, -0.2) is 37.0 Å². The second kappa shape index (κ2) is 17.3. The average Bonchev–Trinajstić information content (AvgIpc) is 3.45. The molecule has 0 bridgehead atoms. The van der Waals surface area contributed by atoms with Gasteiger partial charge in [-0.1, -0.05) is 87.6 Å². The van der Waals surface area contributed by atoms with Crippen LogP contribution >= 0.6 is 0 Å². The van der Waals surface area contributed by atoms with E-state index in [4.69, 9.17) is 18.9 Å². The molecule has 2 aromatic rings. The SMILES string of the molecule is CCCCC[C@@H](CC[C@@H]1[C@H]2Cc3cccc(C)c3C[C@H]2C[C@H]1OC(=O)[C@H]1CCCC[C@H]1C(=O)OCc1ccccc1)OC1CCCCO1. The van der Waals surface area contributed by atoms with Crippen molar-refractivity contribution in [3.05, 3.63) is 70.8 Å². The smallest absolute Gasteiger partial charge is 0.310 e. The molecule has 6 rings (SSSR count). The molecule has 3 aliphatic carbocycles. The van der Waals surface area contributed by atoms with Crippen LogP contribution in [0.1, 0.15) is 119 Å². The second-order valence-electron chi connectivity index (χ2n) is 15.1. The normalized spacial score (nSPS) is 29.0. The van der Waals surface area contributed by atoms with Crippen LogP contribution in [0.15, 0.2) is 48.5 Å². The number of rotatable bonds is 14. The van der Waals surface area contributed by atoms with E-state index in [0.29, 0.717) is 24.7 Å². The fourth-order valence-corrected chi connectivity index (χ4v) is 9.21. The molecule has 1 heterocycles. The van der Waals surface area contributed by atoms with Gasteiger partial charge in [0.2, 0.25) is 0 Å². The lowest BCUT2D eigenvalue weighted by atomic mass is 9.73. The summed E-state index contributed by atoms with van der Waals surface area (Å²) in [4.78, 5) is 27.4. The Morgan fingerprint density at radius 1 is 0.875 bits per heavy atom. The molecule has 8 atom stereocenters. The Hall–Kier alpha value is -2.70.